The molecular formula is C30H24N2O3S2. The molecule has 1 N–H and O–H groups in total. The number of benzene rings is 4. The predicted octanol–water partition coefficient (Wildman–Crippen LogP) is 6.57. The van der Waals surface area contributed by atoms with E-state index in [2.05, 4.69) is 11.9 Å². The average molecular weight is 525 g/mol. The summed E-state index contributed by atoms with van der Waals surface area (Å²) in [5.74, 6) is -0.691. The fourth-order valence-corrected chi connectivity index (χ4v) is 6.92. The third-order valence-electron chi connectivity index (χ3n) is 5.89. The molecule has 0 fully saturated rings. The van der Waals surface area contributed by atoms with Crippen LogP contribution in [0.2, 0.25) is 0 Å². The molecular weight excluding hydrogens is 500 g/mol. The van der Waals surface area contributed by atoms with Crippen LogP contribution in [0.5, 0.6) is 0 Å². The number of nitrogens with one attached hydrogen (secondary N) is 1. The second-order valence-electron chi connectivity index (χ2n) is 8.28. The Morgan fingerprint density at radius 2 is 1.46 bits per heavy atom. The third-order valence-corrected chi connectivity index (χ3v) is 8.80. The van der Waals surface area contributed by atoms with Crippen molar-refractivity contribution >= 4 is 44.6 Å². The van der Waals surface area contributed by atoms with Crippen LogP contribution in [0.3, 0.4) is 0 Å². The number of amides is 1. The minimum atomic E-state index is -4.21. The summed E-state index contributed by atoms with van der Waals surface area (Å²) in [6.07, 6.45) is 1.52. The molecule has 4 aromatic rings. The number of nitrogens with zero attached hydrogens (tertiary/aromatic N) is 1. The molecule has 1 aliphatic rings. The molecule has 0 atom stereocenters. The van der Waals surface area contributed by atoms with E-state index < -0.39 is 15.9 Å². The van der Waals surface area contributed by atoms with Gasteiger partial charge in [-0.3, -0.25) is 9.10 Å². The molecule has 5 nitrogen and oxygen atoms in total. The monoisotopic (exact) mass is 524 g/mol. The van der Waals surface area contributed by atoms with Gasteiger partial charge >= 0.3 is 0 Å². The van der Waals surface area contributed by atoms with E-state index in [-0.39, 0.29) is 11.4 Å². The summed E-state index contributed by atoms with van der Waals surface area (Å²) in [5, 5.41) is 2.90. The molecule has 0 radical (unpaired) electrons. The minimum absolute atomic E-state index is 0.0403. The molecule has 1 heterocycles. The molecule has 0 unspecified atom stereocenters. The topological polar surface area (TPSA) is 66.5 Å². The van der Waals surface area contributed by atoms with E-state index in [1.54, 1.807) is 18.2 Å². The molecule has 7 heteroatoms. The van der Waals surface area contributed by atoms with Gasteiger partial charge < -0.3 is 5.32 Å². The van der Waals surface area contributed by atoms with E-state index in [1.807, 2.05) is 91.0 Å². The first-order valence-corrected chi connectivity index (χ1v) is 13.9. The summed E-state index contributed by atoms with van der Waals surface area (Å²) >= 11 is 1.49. The van der Waals surface area contributed by atoms with Gasteiger partial charge in [-0.25, -0.2) is 8.42 Å². The summed E-state index contributed by atoms with van der Waals surface area (Å²) in [6, 6.07) is 33.5. The SMILES string of the molecule is C=CCN1c2ccccc2C(c2ccccc2)=C(C(=O)Nc2ccccc2Sc2ccccc2)S1(=O)=O. The molecule has 1 amide bonds. The highest BCUT2D eigenvalue weighted by atomic mass is 32.2. The van der Waals surface area contributed by atoms with Crippen LogP contribution in [-0.2, 0) is 14.8 Å². The van der Waals surface area contributed by atoms with Crippen molar-refractivity contribution in [2.24, 2.45) is 0 Å². The van der Waals surface area contributed by atoms with Crippen LogP contribution in [0, 0.1) is 0 Å². The Hall–Kier alpha value is -4.07. The maximum absolute atomic E-state index is 14.0. The van der Waals surface area contributed by atoms with Crippen molar-refractivity contribution in [2.75, 3.05) is 16.2 Å². The van der Waals surface area contributed by atoms with Gasteiger partial charge in [0, 0.05) is 20.9 Å². The number of para-hydroxylation sites is 2. The third kappa shape index (κ3) is 4.83. The van der Waals surface area contributed by atoms with Gasteiger partial charge in [-0.1, -0.05) is 96.7 Å². The number of carbonyl (C=O) groups excluding carboxylic acids is 1. The Morgan fingerprint density at radius 3 is 2.19 bits per heavy atom. The Balaban J connectivity index is 1.66. The van der Waals surface area contributed by atoms with Gasteiger partial charge in [-0.15, -0.1) is 6.58 Å². The normalized spacial score (nSPS) is 14.1. The molecule has 5 rings (SSSR count). The Labute approximate surface area is 221 Å². The van der Waals surface area contributed by atoms with Crippen molar-refractivity contribution in [1.29, 1.82) is 0 Å². The number of anilines is 2. The van der Waals surface area contributed by atoms with Crippen molar-refractivity contribution in [3.63, 3.8) is 0 Å². The van der Waals surface area contributed by atoms with Crippen LogP contribution in [0.15, 0.2) is 137 Å². The maximum atomic E-state index is 14.0. The number of hydrogen-bond acceptors (Lipinski definition) is 4. The first-order valence-electron chi connectivity index (χ1n) is 11.7. The van der Waals surface area contributed by atoms with E-state index in [4.69, 9.17) is 0 Å². The molecule has 0 saturated carbocycles. The summed E-state index contributed by atoms with van der Waals surface area (Å²) in [4.78, 5) is 15.4. The zero-order valence-corrected chi connectivity index (χ0v) is 21.5. The highest BCUT2D eigenvalue weighted by Crippen LogP contribution is 2.43. The number of carbonyl (C=O) groups is 1. The van der Waals surface area contributed by atoms with Crippen LogP contribution in [-0.4, -0.2) is 20.9 Å². The van der Waals surface area contributed by atoms with Crippen LogP contribution in [0.1, 0.15) is 11.1 Å². The van der Waals surface area contributed by atoms with Gasteiger partial charge in [0.05, 0.1) is 17.9 Å². The lowest BCUT2D eigenvalue weighted by atomic mass is 9.95. The molecule has 0 spiro atoms. The van der Waals surface area contributed by atoms with Crippen LogP contribution in [0.25, 0.3) is 5.57 Å². The fraction of sp³-hybridized carbons (Fsp3) is 0.0333. The van der Waals surface area contributed by atoms with E-state index in [9.17, 15) is 13.2 Å². The molecule has 0 aliphatic carbocycles. The maximum Gasteiger partial charge on any atom is 0.270 e. The van der Waals surface area contributed by atoms with Crippen molar-refractivity contribution in [1.82, 2.24) is 0 Å². The van der Waals surface area contributed by atoms with Gasteiger partial charge in [0.25, 0.3) is 15.9 Å². The van der Waals surface area contributed by atoms with Gasteiger partial charge in [-0.2, -0.15) is 0 Å². The van der Waals surface area contributed by atoms with Crippen LogP contribution in [0.4, 0.5) is 11.4 Å². The number of sulfonamides is 1. The van der Waals surface area contributed by atoms with E-state index in [0.29, 0.717) is 28.1 Å². The zero-order valence-electron chi connectivity index (χ0n) is 19.9. The first-order chi connectivity index (χ1) is 18.0. The van der Waals surface area contributed by atoms with Gasteiger partial charge in [0.15, 0.2) is 4.91 Å². The molecule has 0 aromatic heterocycles. The molecule has 0 saturated heterocycles. The molecule has 1 aliphatic heterocycles. The lowest BCUT2D eigenvalue weighted by Gasteiger charge is -2.33. The average Bonchev–Trinajstić information content (AvgIpc) is 2.92. The second-order valence-corrected chi connectivity index (χ2v) is 11.2. The molecule has 184 valence electrons. The number of rotatable bonds is 7. The van der Waals surface area contributed by atoms with E-state index in [1.165, 1.54) is 22.1 Å². The summed E-state index contributed by atoms with van der Waals surface area (Å²) < 4.78 is 29.3. The van der Waals surface area contributed by atoms with E-state index in [0.717, 1.165) is 9.79 Å². The van der Waals surface area contributed by atoms with E-state index >= 15 is 0 Å². The number of fused-ring (bicyclic) bond motifs is 1. The first kappa shape index (κ1) is 24.6. The molecule has 37 heavy (non-hydrogen) atoms. The van der Waals surface area contributed by atoms with Crippen LogP contribution < -0.4 is 9.62 Å². The Kier molecular flexibility index (Phi) is 6.99. The Morgan fingerprint density at radius 1 is 0.838 bits per heavy atom. The van der Waals surface area contributed by atoms with Crippen molar-refractivity contribution < 1.29 is 13.2 Å². The summed E-state index contributed by atoms with van der Waals surface area (Å²) in [6.45, 7) is 3.77. The minimum Gasteiger partial charge on any atom is -0.320 e. The van der Waals surface area contributed by atoms with Gasteiger partial charge in [-0.05, 0) is 35.9 Å². The standard InChI is InChI=1S/C30H24N2O3S2/c1-2-21-32-26-19-11-9-17-24(26)28(22-13-5-3-6-14-22)29(37(32,34)35)30(33)31-25-18-10-12-20-27(25)36-23-15-7-4-8-16-23/h2-20H,1,21H2,(H,31,33). The highest BCUT2D eigenvalue weighted by Gasteiger charge is 2.41. The lowest BCUT2D eigenvalue weighted by molar-refractivity contribution is -0.112. The van der Waals surface area contributed by atoms with Crippen molar-refractivity contribution in [3.8, 4) is 0 Å². The number of hydrogen-bond donors (Lipinski definition) is 1. The fourth-order valence-electron chi connectivity index (χ4n) is 4.28. The van der Waals surface area contributed by atoms with Crippen molar-refractivity contribution in [3.05, 3.63) is 138 Å². The smallest absolute Gasteiger partial charge is 0.270 e. The van der Waals surface area contributed by atoms with Crippen molar-refractivity contribution in [2.45, 2.75) is 9.79 Å². The van der Waals surface area contributed by atoms with Crippen LogP contribution >= 0.6 is 11.8 Å². The predicted molar refractivity (Wildman–Crippen MR) is 151 cm³/mol. The summed E-state index contributed by atoms with van der Waals surface area (Å²) in [7, 11) is -4.21. The zero-order chi connectivity index (χ0) is 25.8. The highest BCUT2D eigenvalue weighted by molar-refractivity contribution is 7.99. The molecule has 0 bridgehead atoms. The second kappa shape index (κ2) is 10.5. The van der Waals surface area contributed by atoms with Gasteiger partial charge in [0.2, 0.25) is 0 Å². The van der Waals surface area contributed by atoms with Gasteiger partial charge in [0.1, 0.15) is 0 Å². The summed E-state index contributed by atoms with van der Waals surface area (Å²) in [5.41, 5.74) is 2.74. The largest absolute Gasteiger partial charge is 0.320 e. The molecule has 4 aromatic carbocycles. The lowest BCUT2D eigenvalue weighted by Crippen LogP contribution is -2.39. The Bertz CT molecular complexity index is 1600. The quantitative estimate of drug-likeness (QED) is 0.278.